The Balaban J connectivity index is 1.82. The number of hydrogen-bond acceptors (Lipinski definition) is 1. The summed E-state index contributed by atoms with van der Waals surface area (Å²) in [6, 6.07) is 17.0. The molecule has 3 nitrogen and oxygen atoms in total. The molecule has 2 aromatic carbocycles. The van der Waals surface area contributed by atoms with Crippen LogP contribution in [0.5, 0.6) is 0 Å². The largest absolute Gasteiger partial charge is 0.325 e. The van der Waals surface area contributed by atoms with Gasteiger partial charge in [-0.05, 0) is 47.2 Å². The van der Waals surface area contributed by atoms with Gasteiger partial charge in [0.15, 0.2) is 0 Å². The minimum Gasteiger partial charge on any atom is -0.325 e. The second-order valence-corrected chi connectivity index (χ2v) is 8.73. The normalized spacial score (nSPS) is 18.1. The molecule has 2 amide bonds. The summed E-state index contributed by atoms with van der Waals surface area (Å²) in [5, 5.41) is 0. The van der Waals surface area contributed by atoms with Crippen LogP contribution in [-0.2, 0) is 11.8 Å². The number of anilines is 1. The van der Waals surface area contributed by atoms with E-state index in [1.807, 2.05) is 36.2 Å². The third-order valence-corrected chi connectivity index (χ3v) is 5.31. The minimum absolute atomic E-state index is 0.0682. The molecule has 132 valence electrons. The zero-order valence-corrected chi connectivity index (χ0v) is 16.9. The molecule has 1 saturated heterocycles. The number of nitrogens with zero attached hydrogens (tertiary/aromatic N) is 2. The fourth-order valence-corrected chi connectivity index (χ4v) is 3.57. The first-order chi connectivity index (χ1) is 11.8. The summed E-state index contributed by atoms with van der Waals surface area (Å²) in [5.41, 5.74) is 3.71. The topological polar surface area (TPSA) is 23.6 Å². The second-order valence-electron chi connectivity index (χ2n) is 7.81. The van der Waals surface area contributed by atoms with Crippen molar-refractivity contribution in [2.75, 3.05) is 18.5 Å². The monoisotopic (exact) mass is 400 g/mol. The first-order valence-corrected chi connectivity index (χ1v) is 9.44. The van der Waals surface area contributed by atoms with Crippen LogP contribution in [0.15, 0.2) is 53.0 Å². The highest BCUT2D eigenvalue weighted by Crippen LogP contribution is 2.28. The fraction of sp³-hybridized carbons (Fsp3) is 0.381. The molecule has 0 aromatic heterocycles. The van der Waals surface area contributed by atoms with Crippen LogP contribution in [0.1, 0.15) is 31.9 Å². The highest BCUT2D eigenvalue weighted by atomic mass is 79.9. The lowest BCUT2D eigenvalue weighted by Gasteiger charge is -2.24. The van der Waals surface area contributed by atoms with Crippen molar-refractivity contribution in [2.24, 2.45) is 0 Å². The molecule has 0 bridgehead atoms. The van der Waals surface area contributed by atoms with E-state index in [0.717, 1.165) is 23.1 Å². The molecule has 3 rings (SSSR count). The first kappa shape index (κ1) is 18.0. The number of carbonyl (C=O) groups excluding carboxylic acids is 1. The van der Waals surface area contributed by atoms with Crippen molar-refractivity contribution in [3.05, 3.63) is 64.1 Å². The maximum atomic E-state index is 12.6. The van der Waals surface area contributed by atoms with Crippen LogP contribution in [0.2, 0.25) is 0 Å². The minimum atomic E-state index is 0.0682. The molecule has 1 aliphatic rings. The van der Waals surface area contributed by atoms with Gasteiger partial charge in [0.05, 0.1) is 6.04 Å². The van der Waals surface area contributed by atoms with Crippen LogP contribution in [0, 0.1) is 0 Å². The standard InChI is InChI=1S/C21H25BrN2O/c1-21(2,3)16-7-5-15(6-8-16)13-19-14-23(4)20(25)24(19)18-11-9-17(22)10-12-18/h5-12,19H,13-14H2,1-4H3/t19-/m0/s1. The summed E-state index contributed by atoms with van der Waals surface area (Å²) in [5.74, 6) is 0. The zero-order chi connectivity index (χ0) is 18.2. The van der Waals surface area contributed by atoms with Crippen LogP contribution in [-0.4, -0.2) is 30.6 Å². The summed E-state index contributed by atoms with van der Waals surface area (Å²) in [7, 11) is 1.87. The summed E-state index contributed by atoms with van der Waals surface area (Å²) in [4.78, 5) is 16.3. The summed E-state index contributed by atoms with van der Waals surface area (Å²) < 4.78 is 1.02. The number of halogens is 1. The highest BCUT2D eigenvalue weighted by Gasteiger charge is 2.36. The lowest BCUT2D eigenvalue weighted by atomic mass is 9.86. The molecule has 1 fully saturated rings. The molecule has 1 aliphatic heterocycles. The number of benzene rings is 2. The van der Waals surface area contributed by atoms with E-state index in [0.29, 0.717) is 0 Å². The number of rotatable bonds is 3. The van der Waals surface area contributed by atoms with Gasteiger partial charge in [0, 0.05) is 23.8 Å². The molecule has 1 heterocycles. The molecule has 0 saturated carbocycles. The maximum absolute atomic E-state index is 12.6. The molecule has 1 atom stereocenters. The van der Waals surface area contributed by atoms with Crippen LogP contribution < -0.4 is 4.90 Å². The molecule has 0 N–H and O–H groups in total. The maximum Gasteiger partial charge on any atom is 0.324 e. The number of hydrogen-bond donors (Lipinski definition) is 0. The van der Waals surface area contributed by atoms with Gasteiger partial charge in [0.25, 0.3) is 0 Å². The van der Waals surface area contributed by atoms with Crippen molar-refractivity contribution in [3.8, 4) is 0 Å². The molecular weight excluding hydrogens is 376 g/mol. The van der Waals surface area contributed by atoms with Gasteiger partial charge in [-0.2, -0.15) is 0 Å². The number of likely N-dealkylation sites (N-methyl/N-ethyl adjacent to an activating group) is 1. The van der Waals surface area contributed by atoms with E-state index in [9.17, 15) is 4.79 Å². The average Bonchev–Trinajstić information content (AvgIpc) is 2.82. The molecule has 0 radical (unpaired) electrons. The number of urea groups is 1. The zero-order valence-electron chi connectivity index (χ0n) is 15.3. The van der Waals surface area contributed by atoms with Crippen LogP contribution in [0.3, 0.4) is 0 Å². The van der Waals surface area contributed by atoms with E-state index >= 15 is 0 Å². The van der Waals surface area contributed by atoms with Crippen LogP contribution >= 0.6 is 15.9 Å². The molecule has 2 aromatic rings. The molecular formula is C21H25BrN2O. The Morgan fingerprint density at radius 1 is 1.04 bits per heavy atom. The first-order valence-electron chi connectivity index (χ1n) is 8.65. The third kappa shape index (κ3) is 3.90. The molecule has 0 spiro atoms. The third-order valence-electron chi connectivity index (χ3n) is 4.78. The van der Waals surface area contributed by atoms with Gasteiger partial charge in [-0.3, -0.25) is 4.90 Å². The average molecular weight is 401 g/mol. The lowest BCUT2D eigenvalue weighted by molar-refractivity contribution is 0.229. The SMILES string of the molecule is CN1C[C@H](Cc2ccc(C(C)(C)C)cc2)N(c2ccc(Br)cc2)C1=O. The smallest absolute Gasteiger partial charge is 0.324 e. The van der Waals surface area contributed by atoms with E-state index in [1.54, 1.807) is 4.90 Å². The quantitative estimate of drug-likeness (QED) is 0.691. The van der Waals surface area contributed by atoms with Crippen molar-refractivity contribution < 1.29 is 4.79 Å². The van der Waals surface area contributed by atoms with Gasteiger partial charge in [-0.1, -0.05) is 61.0 Å². The Bertz CT molecular complexity index is 747. The molecule has 0 unspecified atom stereocenters. The predicted molar refractivity (Wildman–Crippen MR) is 107 cm³/mol. The van der Waals surface area contributed by atoms with E-state index in [1.165, 1.54) is 11.1 Å². The van der Waals surface area contributed by atoms with Crippen molar-refractivity contribution in [1.82, 2.24) is 4.90 Å². The van der Waals surface area contributed by atoms with E-state index < -0.39 is 0 Å². The van der Waals surface area contributed by atoms with E-state index in [4.69, 9.17) is 0 Å². The molecule has 4 heteroatoms. The van der Waals surface area contributed by atoms with Crippen molar-refractivity contribution >= 4 is 27.6 Å². The van der Waals surface area contributed by atoms with E-state index in [-0.39, 0.29) is 17.5 Å². The van der Waals surface area contributed by atoms with Crippen LogP contribution in [0.4, 0.5) is 10.5 Å². The number of carbonyl (C=O) groups is 1. The second kappa shape index (κ2) is 6.83. The van der Waals surface area contributed by atoms with Gasteiger partial charge < -0.3 is 4.90 Å². The van der Waals surface area contributed by atoms with Gasteiger partial charge in [0.1, 0.15) is 0 Å². The summed E-state index contributed by atoms with van der Waals surface area (Å²) >= 11 is 3.46. The fourth-order valence-electron chi connectivity index (χ4n) is 3.31. The van der Waals surface area contributed by atoms with E-state index in [2.05, 4.69) is 61.0 Å². The van der Waals surface area contributed by atoms with Gasteiger partial charge in [-0.15, -0.1) is 0 Å². The van der Waals surface area contributed by atoms with Crippen molar-refractivity contribution in [1.29, 1.82) is 0 Å². The number of amides is 2. The van der Waals surface area contributed by atoms with Gasteiger partial charge >= 0.3 is 6.03 Å². The van der Waals surface area contributed by atoms with Crippen molar-refractivity contribution in [3.63, 3.8) is 0 Å². The van der Waals surface area contributed by atoms with Gasteiger partial charge in [0.2, 0.25) is 0 Å². The van der Waals surface area contributed by atoms with Gasteiger partial charge in [-0.25, -0.2) is 4.79 Å². The highest BCUT2D eigenvalue weighted by molar-refractivity contribution is 9.10. The van der Waals surface area contributed by atoms with Crippen LogP contribution in [0.25, 0.3) is 0 Å². The molecule has 25 heavy (non-hydrogen) atoms. The Morgan fingerprint density at radius 3 is 2.20 bits per heavy atom. The Kier molecular flexibility index (Phi) is 4.92. The Labute approximate surface area is 158 Å². The summed E-state index contributed by atoms with van der Waals surface area (Å²) in [6.07, 6.45) is 0.858. The Morgan fingerprint density at radius 2 is 1.64 bits per heavy atom. The van der Waals surface area contributed by atoms with Crippen molar-refractivity contribution in [2.45, 2.75) is 38.6 Å². The predicted octanol–water partition coefficient (Wildman–Crippen LogP) is 5.23. The molecule has 0 aliphatic carbocycles. The summed E-state index contributed by atoms with van der Waals surface area (Å²) in [6.45, 7) is 7.42. The lowest BCUT2D eigenvalue weighted by Crippen LogP contribution is -2.35. The Hall–Kier alpha value is -1.81.